The highest BCUT2D eigenvalue weighted by atomic mass is 19.4. The number of likely N-dealkylation sites (tertiary alicyclic amines) is 1. The van der Waals surface area contributed by atoms with Crippen molar-refractivity contribution in [1.29, 1.82) is 0 Å². The average molecular weight is 547 g/mol. The molecule has 2 fully saturated rings. The lowest BCUT2D eigenvalue weighted by molar-refractivity contribution is -0.179. The number of nitrogens with zero attached hydrogens (tertiary/aromatic N) is 3. The van der Waals surface area contributed by atoms with Gasteiger partial charge in [0, 0.05) is 55.3 Å². The van der Waals surface area contributed by atoms with Gasteiger partial charge in [0.25, 0.3) is 0 Å². The lowest BCUT2D eigenvalue weighted by Crippen LogP contribution is -2.47. The lowest BCUT2D eigenvalue weighted by Gasteiger charge is -2.34. The number of benzene rings is 2. The molecule has 2 saturated heterocycles. The number of amides is 2. The number of rotatable bonds is 5. The minimum atomic E-state index is -4.11. The molecule has 0 unspecified atom stereocenters. The van der Waals surface area contributed by atoms with Crippen molar-refractivity contribution in [1.82, 2.24) is 9.80 Å². The van der Waals surface area contributed by atoms with E-state index < -0.39 is 29.8 Å². The molecule has 2 heterocycles. The number of ether oxygens (including phenoxy) is 1. The molecular formula is C29H37F3N4O3. The van der Waals surface area contributed by atoms with Crippen molar-refractivity contribution in [3.63, 3.8) is 0 Å². The van der Waals surface area contributed by atoms with Crippen LogP contribution in [0, 0.1) is 5.92 Å². The maximum atomic E-state index is 12.9. The van der Waals surface area contributed by atoms with Crippen LogP contribution in [0.5, 0.6) is 0 Å². The molecule has 212 valence electrons. The van der Waals surface area contributed by atoms with Gasteiger partial charge in [-0.05, 0) is 88.4 Å². The predicted molar refractivity (Wildman–Crippen MR) is 145 cm³/mol. The van der Waals surface area contributed by atoms with E-state index in [2.05, 4.69) is 5.32 Å². The molecule has 2 amide bonds. The lowest BCUT2D eigenvalue weighted by atomic mass is 9.96. The third kappa shape index (κ3) is 7.58. The zero-order chi connectivity index (χ0) is 28.2. The highest BCUT2D eigenvalue weighted by Gasteiger charge is 2.41. The average Bonchev–Trinajstić information content (AvgIpc) is 3.43. The number of hydrogen-bond acceptors (Lipinski definition) is 5. The molecule has 0 atom stereocenters. The summed E-state index contributed by atoms with van der Waals surface area (Å²) in [5.74, 6) is -1.21. The Morgan fingerprint density at radius 1 is 0.897 bits per heavy atom. The van der Waals surface area contributed by atoms with Crippen LogP contribution in [0.15, 0.2) is 48.5 Å². The molecule has 1 N–H and O–H groups in total. The first kappa shape index (κ1) is 28.6. The summed E-state index contributed by atoms with van der Waals surface area (Å²) < 4.78 is 44.0. The molecule has 2 aromatic rings. The number of hydrogen-bond donors (Lipinski definition) is 1. The van der Waals surface area contributed by atoms with Gasteiger partial charge in [0.1, 0.15) is 0 Å². The van der Waals surface area contributed by atoms with Crippen molar-refractivity contribution < 1.29 is 27.5 Å². The Hall–Kier alpha value is -3.43. The molecule has 2 aromatic carbocycles. The van der Waals surface area contributed by atoms with E-state index >= 15 is 0 Å². The Labute approximate surface area is 227 Å². The summed E-state index contributed by atoms with van der Waals surface area (Å²) in [7, 11) is 0. The first-order chi connectivity index (χ1) is 18.4. The summed E-state index contributed by atoms with van der Waals surface area (Å²) in [6.07, 6.45) is -3.30. The Balaban J connectivity index is 1.32. The van der Waals surface area contributed by atoms with Crippen LogP contribution in [0.2, 0.25) is 0 Å². The van der Waals surface area contributed by atoms with E-state index in [0.29, 0.717) is 26.2 Å². The molecule has 7 nitrogen and oxygen atoms in total. The minimum Gasteiger partial charge on any atom is -0.372 e. The Kier molecular flexibility index (Phi) is 8.61. The van der Waals surface area contributed by atoms with Gasteiger partial charge in [-0.2, -0.15) is 13.2 Å². The Morgan fingerprint density at radius 2 is 1.44 bits per heavy atom. The fourth-order valence-electron chi connectivity index (χ4n) is 4.93. The Morgan fingerprint density at radius 3 is 1.95 bits per heavy atom. The van der Waals surface area contributed by atoms with E-state index in [1.807, 2.05) is 74.2 Å². The topological polar surface area (TPSA) is 65.1 Å². The highest BCUT2D eigenvalue weighted by Crippen LogP contribution is 2.35. The summed E-state index contributed by atoms with van der Waals surface area (Å²) >= 11 is 0. The van der Waals surface area contributed by atoms with E-state index in [9.17, 15) is 22.8 Å². The molecule has 0 bridgehead atoms. The van der Waals surface area contributed by atoms with Gasteiger partial charge in [-0.15, -0.1) is 0 Å². The first-order valence-corrected chi connectivity index (χ1v) is 13.5. The summed E-state index contributed by atoms with van der Waals surface area (Å²) in [4.78, 5) is 30.3. The van der Waals surface area contributed by atoms with Gasteiger partial charge in [-0.1, -0.05) is 12.1 Å². The van der Waals surface area contributed by atoms with Gasteiger partial charge in [-0.25, -0.2) is 9.59 Å². The van der Waals surface area contributed by atoms with Gasteiger partial charge in [0.2, 0.25) is 0 Å². The molecular weight excluding hydrogens is 509 g/mol. The first-order valence-electron chi connectivity index (χ1n) is 13.5. The predicted octanol–water partition coefficient (Wildman–Crippen LogP) is 7.16. The van der Waals surface area contributed by atoms with Crippen LogP contribution in [0.25, 0.3) is 0 Å². The number of alkyl halides is 3. The van der Waals surface area contributed by atoms with Crippen molar-refractivity contribution in [2.45, 2.75) is 64.7 Å². The second kappa shape index (κ2) is 11.8. The normalized spacial score (nSPS) is 16.8. The molecule has 10 heteroatoms. The van der Waals surface area contributed by atoms with Gasteiger partial charge < -0.3 is 19.9 Å². The SMILES string of the molecule is CC(C)(C)N(Cc1ccc(Nc2ccc(N3CCC(C(F)(F)F)CC3)cc2)cc1)C(=O)OC(=O)N1CCCC1. The van der Waals surface area contributed by atoms with E-state index in [0.717, 1.165) is 35.5 Å². The maximum absolute atomic E-state index is 12.9. The van der Waals surface area contributed by atoms with Crippen LogP contribution >= 0.6 is 0 Å². The van der Waals surface area contributed by atoms with E-state index in [1.165, 1.54) is 0 Å². The number of carbonyl (C=O) groups is 2. The van der Waals surface area contributed by atoms with Crippen LogP contribution < -0.4 is 10.2 Å². The molecule has 0 aromatic heterocycles. The number of piperidine rings is 1. The van der Waals surface area contributed by atoms with Crippen molar-refractivity contribution in [3.05, 3.63) is 54.1 Å². The van der Waals surface area contributed by atoms with Crippen LogP contribution in [0.1, 0.15) is 52.0 Å². The van der Waals surface area contributed by atoms with Crippen LogP contribution in [0.3, 0.4) is 0 Å². The van der Waals surface area contributed by atoms with Crippen molar-refractivity contribution in [2.24, 2.45) is 5.92 Å². The highest BCUT2D eigenvalue weighted by molar-refractivity contribution is 5.84. The van der Waals surface area contributed by atoms with Gasteiger partial charge >= 0.3 is 18.4 Å². The summed E-state index contributed by atoms with van der Waals surface area (Å²) in [5, 5.41) is 3.33. The second-order valence-corrected chi connectivity index (χ2v) is 11.3. The van der Waals surface area contributed by atoms with Crippen LogP contribution in [-0.2, 0) is 11.3 Å². The largest absolute Gasteiger partial charge is 0.419 e. The number of anilines is 3. The van der Waals surface area contributed by atoms with Gasteiger partial charge in [0.05, 0.1) is 5.92 Å². The van der Waals surface area contributed by atoms with E-state index in [4.69, 9.17) is 4.74 Å². The molecule has 2 aliphatic rings. The fourth-order valence-corrected chi connectivity index (χ4v) is 4.93. The van der Waals surface area contributed by atoms with Crippen molar-refractivity contribution in [3.8, 4) is 0 Å². The van der Waals surface area contributed by atoms with Crippen molar-refractivity contribution >= 4 is 29.2 Å². The monoisotopic (exact) mass is 546 g/mol. The molecule has 0 aliphatic carbocycles. The zero-order valence-corrected chi connectivity index (χ0v) is 22.8. The van der Waals surface area contributed by atoms with Gasteiger partial charge in [0.15, 0.2) is 0 Å². The smallest absolute Gasteiger partial charge is 0.372 e. The fraction of sp³-hybridized carbons (Fsp3) is 0.517. The quantitative estimate of drug-likeness (QED) is 0.403. The summed E-state index contributed by atoms with van der Waals surface area (Å²) in [6, 6.07) is 15.3. The molecule has 0 radical (unpaired) electrons. The number of nitrogens with one attached hydrogen (secondary N) is 1. The molecule has 39 heavy (non-hydrogen) atoms. The van der Waals surface area contributed by atoms with Gasteiger partial charge in [-0.3, -0.25) is 4.90 Å². The van der Waals surface area contributed by atoms with E-state index in [1.54, 1.807) is 9.80 Å². The van der Waals surface area contributed by atoms with Crippen LogP contribution in [-0.4, -0.2) is 59.9 Å². The molecule has 0 saturated carbocycles. The molecule has 2 aliphatic heterocycles. The second-order valence-electron chi connectivity index (χ2n) is 11.3. The number of carbonyl (C=O) groups excluding carboxylic acids is 2. The standard InChI is InChI=1S/C29H37F3N4O3/c1-28(2,3)36(27(38)39-26(37)35-16-4-5-17-35)20-21-6-8-23(9-7-21)33-24-10-12-25(13-11-24)34-18-14-22(15-19-34)29(30,31)32/h6-13,22,33H,4-5,14-20H2,1-3H3. The van der Waals surface area contributed by atoms with Crippen LogP contribution in [0.4, 0.5) is 39.8 Å². The summed E-state index contributed by atoms with van der Waals surface area (Å²) in [6.45, 7) is 7.98. The third-order valence-corrected chi connectivity index (χ3v) is 7.34. The van der Waals surface area contributed by atoms with E-state index in [-0.39, 0.29) is 19.4 Å². The zero-order valence-electron chi connectivity index (χ0n) is 22.8. The minimum absolute atomic E-state index is 0.120. The number of halogens is 3. The maximum Gasteiger partial charge on any atom is 0.419 e. The summed E-state index contributed by atoms with van der Waals surface area (Å²) in [5.41, 5.74) is 2.96. The molecule has 0 spiro atoms. The third-order valence-electron chi connectivity index (χ3n) is 7.34. The Bertz CT molecular complexity index is 1120. The molecule has 4 rings (SSSR count). The van der Waals surface area contributed by atoms with Crippen molar-refractivity contribution in [2.75, 3.05) is 36.4 Å².